The summed E-state index contributed by atoms with van der Waals surface area (Å²) < 4.78 is 50.0. The van der Waals surface area contributed by atoms with E-state index in [0.29, 0.717) is 16.8 Å². The number of hydrogen-bond acceptors (Lipinski definition) is 8. The van der Waals surface area contributed by atoms with Gasteiger partial charge in [0.25, 0.3) is 11.1 Å². The van der Waals surface area contributed by atoms with E-state index < -0.39 is 27.1 Å². The summed E-state index contributed by atoms with van der Waals surface area (Å²) in [6, 6.07) is 13.5. The second-order valence-corrected chi connectivity index (χ2v) is 11.3. The molecule has 0 atom stereocenters. The second-order valence-electron chi connectivity index (χ2n) is 8.39. The van der Waals surface area contributed by atoms with Crippen molar-refractivity contribution < 1.29 is 36.1 Å². The van der Waals surface area contributed by atoms with Crippen LogP contribution in [0.15, 0.2) is 70.5 Å². The van der Waals surface area contributed by atoms with Gasteiger partial charge in [-0.05, 0) is 84.4 Å². The quantitative estimate of drug-likeness (QED) is 0.239. The number of ether oxygens (including phenoxy) is 1. The van der Waals surface area contributed by atoms with Crippen molar-refractivity contribution in [2.75, 3.05) is 11.9 Å². The molecular weight excluding hydrogens is 583 g/mol. The lowest BCUT2D eigenvalue weighted by Crippen LogP contribution is -2.27. The molecule has 13 heteroatoms. The summed E-state index contributed by atoms with van der Waals surface area (Å²) in [4.78, 5) is 37.7. The molecule has 208 valence electrons. The largest absolute Gasteiger partial charge is 0.490 e. The van der Waals surface area contributed by atoms with Crippen LogP contribution in [0.1, 0.15) is 25.0 Å². The van der Waals surface area contributed by atoms with E-state index >= 15 is 0 Å². The van der Waals surface area contributed by atoms with Crippen molar-refractivity contribution in [1.82, 2.24) is 4.90 Å². The van der Waals surface area contributed by atoms with E-state index in [-0.39, 0.29) is 45.4 Å². The fourth-order valence-corrected chi connectivity index (χ4v) is 5.64. The first kappa shape index (κ1) is 29.1. The number of carbonyl (C=O) groups is 3. The van der Waals surface area contributed by atoms with Crippen LogP contribution in [-0.4, -0.2) is 37.0 Å². The summed E-state index contributed by atoms with van der Waals surface area (Å²) in [5.41, 5.74) is 1.30. The van der Waals surface area contributed by atoms with Gasteiger partial charge in [-0.15, -0.1) is 0 Å². The number of halogens is 2. The van der Waals surface area contributed by atoms with Crippen LogP contribution in [-0.2, 0) is 26.3 Å². The topological polar surface area (TPSA) is 119 Å². The molecule has 0 radical (unpaired) electrons. The minimum Gasteiger partial charge on any atom is -0.490 e. The molecule has 4 rings (SSSR count). The Morgan fingerprint density at radius 3 is 2.45 bits per heavy atom. The van der Waals surface area contributed by atoms with Crippen molar-refractivity contribution >= 4 is 62.3 Å². The van der Waals surface area contributed by atoms with Gasteiger partial charge in [0, 0.05) is 17.6 Å². The Hall–Kier alpha value is -3.87. The van der Waals surface area contributed by atoms with E-state index in [0.717, 1.165) is 22.7 Å². The summed E-state index contributed by atoms with van der Waals surface area (Å²) in [5.74, 6) is -1.36. The van der Waals surface area contributed by atoms with Crippen LogP contribution in [0.4, 0.5) is 14.9 Å². The van der Waals surface area contributed by atoms with Gasteiger partial charge < -0.3 is 14.2 Å². The number of nitrogens with zero attached hydrogens (tertiary/aromatic N) is 1. The fourth-order valence-electron chi connectivity index (χ4n) is 3.63. The average molecular weight is 605 g/mol. The van der Waals surface area contributed by atoms with E-state index in [1.54, 1.807) is 6.92 Å². The zero-order chi connectivity index (χ0) is 29.0. The smallest absolute Gasteiger partial charge is 0.339 e. The number of hydrogen-bond donors (Lipinski definition) is 1. The number of imide groups is 1. The van der Waals surface area contributed by atoms with Crippen molar-refractivity contribution in [3.63, 3.8) is 0 Å². The first-order valence-electron chi connectivity index (χ1n) is 11.7. The minimum atomic E-state index is -4.25. The van der Waals surface area contributed by atoms with Crippen LogP contribution in [0.25, 0.3) is 6.08 Å². The first-order chi connectivity index (χ1) is 19.0. The molecule has 3 amide bonds. The number of carbonyl (C=O) groups excluding carboxylic acids is 3. The monoisotopic (exact) mass is 604 g/mol. The van der Waals surface area contributed by atoms with Crippen molar-refractivity contribution in [2.45, 2.75) is 25.3 Å². The Bertz CT molecular complexity index is 1630. The number of amides is 3. The SMILES string of the molecule is CCOc1cc(/C=C2\SC(=O)N(Cc3ccc(F)cc3Cl)C2=O)ccc1OS(=O)(=O)c1ccc(NC(C)=O)cc1. The van der Waals surface area contributed by atoms with Gasteiger partial charge in [0.15, 0.2) is 11.5 Å². The maximum Gasteiger partial charge on any atom is 0.339 e. The molecule has 1 heterocycles. The molecular formula is C27H22ClFN2O7S2. The number of anilines is 1. The lowest BCUT2D eigenvalue weighted by Gasteiger charge is -2.14. The highest BCUT2D eigenvalue weighted by Crippen LogP contribution is 2.37. The maximum atomic E-state index is 13.4. The van der Waals surface area contributed by atoms with Gasteiger partial charge in [0.1, 0.15) is 10.7 Å². The third-order valence-corrected chi connectivity index (χ3v) is 7.95. The molecule has 0 bridgehead atoms. The van der Waals surface area contributed by atoms with Crippen LogP contribution < -0.4 is 14.2 Å². The number of benzene rings is 3. The van der Waals surface area contributed by atoms with Gasteiger partial charge in [-0.3, -0.25) is 19.3 Å². The Morgan fingerprint density at radius 1 is 1.07 bits per heavy atom. The third-order valence-electron chi connectivity index (χ3n) is 5.45. The molecule has 0 aliphatic carbocycles. The van der Waals surface area contributed by atoms with E-state index in [4.69, 9.17) is 20.5 Å². The van der Waals surface area contributed by atoms with Crippen LogP contribution in [0.3, 0.4) is 0 Å². The molecule has 3 aromatic rings. The summed E-state index contributed by atoms with van der Waals surface area (Å²) in [5, 5.41) is 2.13. The predicted octanol–water partition coefficient (Wildman–Crippen LogP) is 5.84. The Morgan fingerprint density at radius 2 is 1.80 bits per heavy atom. The van der Waals surface area contributed by atoms with Crippen molar-refractivity contribution in [3.8, 4) is 11.5 Å². The molecule has 0 aromatic heterocycles. The zero-order valence-corrected chi connectivity index (χ0v) is 23.5. The Balaban J connectivity index is 1.54. The van der Waals surface area contributed by atoms with Crippen LogP contribution >= 0.6 is 23.4 Å². The van der Waals surface area contributed by atoms with E-state index in [1.165, 1.54) is 67.6 Å². The summed E-state index contributed by atoms with van der Waals surface area (Å²) >= 11 is 6.77. The number of thioether (sulfide) groups is 1. The molecule has 0 spiro atoms. The highest BCUT2D eigenvalue weighted by molar-refractivity contribution is 8.18. The number of nitrogens with one attached hydrogen (secondary N) is 1. The van der Waals surface area contributed by atoms with Gasteiger partial charge in [-0.2, -0.15) is 8.42 Å². The van der Waals surface area contributed by atoms with Gasteiger partial charge in [0.2, 0.25) is 5.91 Å². The normalized spacial score (nSPS) is 14.5. The lowest BCUT2D eigenvalue weighted by molar-refractivity contribution is -0.123. The van der Waals surface area contributed by atoms with Gasteiger partial charge in [-0.1, -0.05) is 23.7 Å². The second kappa shape index (κ2) is 12.1. The van der Waals surface area contributed by atoms with Gasteiger partial charge in [-0.25, -0.2) is 4.39 Å². The highest BCUT2D eigenvalue weighted by atomic mass is 35.5. The Kier molecular flexibility index (Phi) is 8.82. The molecule has 0 saturated carbocycles. The number of rotatable bonds is 9. The van der Waals surface area contributed by atoms with Crippen LogP contribution in [0.2, 0.25) is 5.02 Å². The average Bonchev–Trinajstić information content (AvgIpc) is 3.14. The minimum absolute atomic E-state index is 0.0796. The molecule has 1 saturated heterocycles. The molecule has 40 heavy (non-hydrogen) atoms. The predicted molar refractivity (Wildman–Crippen MR) is 149 cm³/mol. The summed E-state index contributed by atoms with van der Waals surface area (Å²) in [6.45, 7) is 3.11. The molecule has 1 N–H and O–H groups in total. The van der Waals surface area contributed by atoms with Crippen molar-refractivity contribution in [2.24, 2.45) is 0 Å². The third kappa shape index (κ3) is 6.82. The zero-order valence-electron chi connectivity index (χ0n) is 21.1. The van der Waals surface area contributed by atoms with Crippen molar-refractivity contribution in [1.29, 1.82) is 0 Å². The molecule has 3 aromatic carbocycles. The molecule has 0 unspecified atom stereocenters. The van der Waals surface area contributed by atoms with Crippen LogP contribution in [0.5, 0.6) is 11.5 Å². The highest BCUT2D eigenvalue weighted by Gasteiger charge is 2.35. The fraction of sp³-hybridized carbons (Fsp3) is 0.148. The summed E-state index contributed by atoms with van der Waals surface area (Å²) in [6.07, 6.45) is 1.47. The Labute approximate surface area is 239 Å². The van der Waals surface area contributed by atoms with E-state index in [9.17, 15) is 27.2 Å². The maximum absolute atomic E-state index is 13.4. The molecule has 1 aliphatic heterocycles. The lowest BCUT2D eigenvalue weighted by atomic mass is 10.1. The summed E-state index contributed by atoms with van der Waals surface area (Å²) in [7, 11) is -4.25. The molecule has 1 aliphatic rings. The first-order valence-corrected chi connectivity index (χ1v) is 14.4. The van der Waals surface area contributed by atoms with E-state index in [1.807, 2.05) is 0 Å². The van der Waals surface area contributed by atoms with E-state index in [2.05, 4.69) is 5.32 Å². The van der Waals surface area contributed by atoms with Gasteiger partial charge >= 0.3 is 10.1 Å². The van der Waals surface area contributed by atoms with Crippen molar-refractivity contribution in [3.05, 3.63) is 87.5 Å². The standard InChI is InChI=1S/C27H22ClFN2O7S2/c1-3-37-24-12-17(4-11-23(24)38-40(35,36)21-9-7-20(8-10-21)30-16(2)32)13-25-26(33)31(27(34)39-25)15-18-5-6-19(29)14-22(18)28/h4-14H,3,15H2,1-2H3,(H,30,32)/b25-13-. The molecule has 9 nitrogen and oxygen atoms in total. The van der Waals surface area contributed by atoms with Crippen LogP contribution in [0, 0.1) is 5.82 Å². The van der Waals surface area contributed by atoms with Gasteiger partial charge in [0.05, 0.1) is 18.1 Å². The molecule has 1 fully saturated rings.